The molecule has 2 aromatic carbocycles. The normalized spacial score (nSPS) is 12.7. The Labute approximate surface area is 116 Å². The highest BCUT2D eigenvalue weighted by Gasteiger charge is 2.29. The molecule has 0 spiro atoms. The second-order valence-electron chi connectivity index (χ2n) is 4.78. The summed E-state index contributed by atoms with van der Waals surface area (Å²) in [5.41, 5.74) is 4.53. The Balaban J connectivity index is 1.93. The summed E-state index contributed by atoms with van der Waals surface area (Å²) in [6.07, 6.45) is -0.966. The van der Waals surface area contributed by atoms with Gasteiger partial charge in [-0.25, -0.2) is 4.79 Å². The van der Waals surface area contributed by atoms with Crippen LogP contribution >= 0.6 is 0 Å². The van der Waals surface area contributed by atoms with Gasteiger partial charge in [0.2, 0.25) is 0 Å². The van der Waals surface area contributed by atoms with Gasteiger partial charge >= 0.3 is 6.09 Å². The molecule has 1 amide bonds. The van der Waals surface area contributed by atoms with Crippen molar-refractivity contribution in [2.75, 3.05) is 13.7 Å². The van der Waals surface area contributed by atoms with Crippen LogP contribution in [0.2, 0.25) is 0 Å². The predicted octanol–water partition coefficient (Wildman–Crippen LogP) is 3.75. The number of hydrogen-bond donors (Lipinski definition) is 0. The summed E-state index contributed by atoms with van der Waals surface area (Å²) < 4.78 is 17.7. The van der Waals surface area contributed by atoms with Crippen LogP contribution in [0.5, 0.6) is 0 Å². The van der Waals surface area contributed by atoms with Crippen LogP contribution in [-0.2, 0) is 4.74 Å². The molecule has 0 atom stereocenters. The van der Waals surface area contributed by atoms with E-state index in [9.17, 15) is 9.28 Å². The molecule has 0 radical (unpaired) electrons. The number of carbonyl (C=O) groups excluding carboxylic acids is 1. The Kier molecular flexibility index (Phi) is 3.14. The highest BCUT2D eigenvalue weighted by Crippen LogP contribution is 2.44. The molecule has 0 aliphatic heterocycles. The summed E-state index contributed by atoms with van der Waals surface area (Å²) in [6.45, 7) is 0.140. The van der Waals surface area contributed by atoms with E-state index in [1.807, 2.05) is 36.4 Å². The van der Waals surface area contributed by atoms with Crippen molar-refractivity contribution < 1.29 is 14.0 Å². The van der Waals surface area contributed by atoms with Crippen LogP contribution in [0.4, 0.5) is 9.28 Å². The highest BCUT2D eigenvalue weighted by molar-refractivity contribution is 5.79. The van der Waals surface area contributed by atoms with Crippen LogP contribution in [0, 0.1) is 0 Å². The minimum Gasteiger partial charge on any atom is -0.447 e. The van der Waals surface area contributed by atoms with Crippen molar-refractivity contribution in [2.24, 2.45) is 0 Å². The van der Waals surface area contributed by atoms with Gasteiger partial charge in [0.25, 0.3) is 0 Å². The zero-order valence-electron chi connectivity index (χ0n) is 11.0. The second-order valence-corrected chi connectivity index (χ2v) is 4.78. The fourth-order valence-electron chi connectivity index (χ4n) is 2.68. The molecule has 0 bridgehead atoms. The zero-order chi connectivity index (χ0) is 14.1. The SMILES string of the molecule is CN(F)C(=O)OCC1c2ccccc2-c2ccccc21. The van der Waals surface area contributed by atoms with Crippen molar-refractivity contribution in [1.82, 2.24) is 5.12 Å². The topological polar surface area (TPSA) is 29.5 Å². The summed E-state index contributed by atoms with van der Waals surface area (Å²) >= 11 is 0. The van der Waals surface area contributed by atoms with E-state index in [4.69, 9.17) is 4.74 Å². The van der Waals surface area contributed by atoms with Gasteiger partial charge in [-0.15, -0.1) is 5.12 Å². The smallest absolute Gasteiger partial charge is 0.437 e. The molecule has 0 N–H and O–H groups in total. The van der Waals surface area contributed by atoms with Crippen LogP contribution in [-0.4, -0.2) is 24.9 Å². The summed E-state index contributed by atoms with van der Waals surface area (Å²) in [5.74, 6) is -0.0358. The van der Waals surface area contributed by atoms with E-state index in [1.165, 1.54) is 0 Å². The lowest BCUT2D eigenvalue weighted by Crippen LogP contribution is -2.21. The van der Waals surface area contributed by atoms with E-state index >= 15 is 0 Å². The molecule has 0 saturated heterocycles. The number of fused-ring (bicyclic) bond motifs is 3. The van der Waals surface area contributed by atoms with Crippen LogP contribution in [0.1, 0.15) is 17.0 Å². The lowest BCUT2D eigenvalue weighted by atomic mass is 9.98. The number of carbonyl (C=O) groups is 1. The maximum absolute atomic E-state index is 12.7. The average Bonchev–Trinajstić information content (AvgIpc) is 2.79. The highest BCUT2D eigenvalue weighted by atomic mass is 19.2. The Morgan fingerprint density at radius 3 is 2.10 bits per heavy atom. The number of halogens is 1. The third-order valence-corrected chi connectivity index (χ3v) is 3.59. The molecular weight excluding hydrogens is 257 g/mol. The molecule has 102 valence electrons. The first-order valence-corrected chi connectivity index (χ1v) is 6.43. The Bertz CT molecular complexity index is 609. The molecular formula is C16H14FNO2. The van der Waals surface area contributed by atoms with Gasteiger partial charge in [0.05, 0.1) is 0 Å². The summed E-state index contributed by atoms with van der Waals surface area (Å²) in [4.78, 5) is 11.3. The second kappa shape index (κ2) is 4.96. The van der Waals surface area contributed by atoms with Gasteiger partial charge in [0.1, 0.15) is 6.61 Å². The van der Waals surface area contributed by atoms with Crippen molar-refractivity contribution >= 4 is 6.09 Å². The minimum absolute atomic E-state index is 0.0358. The first kappa shape index (κ1) is 12.7. The van der Waals surface area contributed by atoms with Crippen LogP contribution in [0.3, 0.4) is 0 Å². The quantitative estimate of drug-likeness (QED) is 0.778. The molecule has 0 fully saturated rings. The molecule has 3 nitrogen and oxygen atoms in total. The van der Waals surface area contributed by atoms with Crippen LogP contribution in [0.25, 0.3) is 11.1 Å². The summed E-state index contributed by atoms with van der Waals surface area (Å²) in [6, 6.07) is 16.0. The standard InChI is InChI=1S/C16H14FNO2/c1-18(17)16(19)20-10-15-13-8-4-2-6-11(13)12-7-3-5-9-14(12)15/h2-9,15H,10H2,1H3. The zero-order valence-corrected chi connectivity index (χ0v) is 11.0. The largest absolute Gasteiger partial charge is 0.447 e. The third-order valence-electron chi connectivity index (χ3n) is 3.59. The molecule has 2 aromatic rings. The number of benzene rings is 2. The first-order valence-electron chi connectivity index (χ1n) is 6.43. The van der Waals surface area contributed by atoms with E-state index in [2.05, 4.69) is 12.1 Å². The van der Waals surface area contributed by atoms with Crippen molar-refractivity contribution in [3.8, 4) is 11.1 Å². The average molecular weight is 271 g/mol. The lowest BCUT2D eigenvalue weighted by Gasteiger charge is -2.14. The molecule has 0 saturated carbocycles. The molecule has 1 aliphatic rings. The van der Waals surface area contributed by atoms with E-state index in [0.717, 1.165) is 29.3 Å². The van der Waals surface area contributed by atoms with E-state index < -0.39 is 6.09 Å². The number of rotatable bonds is 2. The maximum Gasteiger partial charge on any atom is 0.437 e. The Morgan fingerprint density at radius 2 is 1.60 bits per heavy atom. The predicted molar refractivity (Wildman–Crippen MR) is 73.9 cm³/mol. The number of amides is 1. The van der Waals surface area contributed by atoms with Crippen LogP contribution < -0.4 is 0 Å². The molecule has 0 aromatic heterocycles. The third kappa shape index (κ3) is 2.03. The monoisotopic (exact) mass is 271 g/mol. The molecule has 0 unspecified atom stereocenters. The van der Waals surface area contributed by atoms with Gasteiger partial charge in [-0.3, -0.25) is 0 Å². The number of ether oxygens (including phenoxy) is 1. The van der Waals surface area contributed by atoms with Gasteiger partial charge in [-0.2, -0.15) is 0 Å². The Hall–Kier alpha value is -2.36. The molecule has 20 heavy (non-hydrogen) atoms. The Morgan fingerprint density at radius 1 is 1.10 bits per heavy atom. The van der Waals surface area contributed by atoms with Gasteiger partial charge < -0.3 is 4.74 Å². The summed E-state index contributed by atoms with van der Waals surface area (Å²) in [7, 11) is 1.03. The summed E-state index contributed by atoms with van der Waals surface area (Å²) in [5, 5.41) is -0.0488. The van der Waals surface area contributed by atoms with Crippen molar-refractivity contribution in [3.05, 3.63) is 59.7 Å². The van der Waals surface area contributed by atoms with E-state index in [-0.39, 0.29) is 17.6 Å². The fraction of sp³-hybridized carbons (Fsp3) is 0.188. The number of nitrogens with zero attached hydrogens (tertiary/aromatic N) is 1. The fourth-order valence-corrected chi connectivity index (χ4v) is 2.68. The molecule has 1 aliphatic carbocycles. The van der Waals surface area contributed by atoms with Gasteiger partial charge in [0, 0.05) is 13.0 Å². The van der Waals surface area contributed by atoms with E-state index in [1.54, 1.807) is 0 Å². The molecule has 0 heterocycles. The van der Waals surface area contributed by atoms with Crippen molar-refractivity contribution in [2.45, 2.75) is 5.92 Å². The lowest BCUT2D eigenvalue weighted by molar-refractivity contribution is 0.0290. The maximum atomic E-state index is 12.7. The van der Waals surface area contributed by atoms with Crippen LogP contribution in [0.15, 0.2) is 48.5 Å². The van der Waals surface area contributed by atoms with Gasteiger partial charge in [-0.1, -0.05) is 53.0 Å². The van der Waals surface area contributed by atoms with Gasteiger partial charge in [-0.05, 0) is 22.3 Å². The first-order chi connectivity index (χ1) is 9.68. The molecule has 4 heteroatoms. The number of hydrogen-bond acceptors (Lipinski definition) is 2. The molecule has 3 rings (SSSR count). The van der Waals surface area contributed by atoms with E-state index in [0.29, 0.717) is 0 Å². The van der Waals surface area contributed by atoms with Crippen molar-refractivity contribution in [1.29, 1.82) is 0 Å². The minimum atomic E-state index is -0.966. The van der Waals surface area contributed by atoms with Crippen molar-refractivity contribution in [3.63, 3.8) is 0 Å². The van der Waals surface area contributed by atoms with Gasteiger partial charge in [0.15, 0.2) is 0 Å².